The van der Waals surface area contributed by atoms with Gasteiger partial charge in [0, 0.05) is 25.2 Å². The second-order valence-corrected chi connectivity index (χ2v) is 4.61. The van der Waals surface area contributed by atoms with Crippen molar-refractivity contribution in [2.45, 2.75) is 0 Å². The van der Waals surface area contributed by atoms with E-state index < -0.39 is 10.7 Å². The van der Waals surface area contributed by atoms with Crippen LogP contribution < -0.4 is 5.43 Å². The summed E-state index contributed by atoms with van der Waals surface area (Å²) in [7, 11) is 0. The van der Waals surface area contributed by atoms with E-state index in [1.54, 1.807) is 5.01 Å². The van der Waals surface area contributed by atoms with Crippen LogP contribution in [-0.4, -0.2) is 36.2 Å². The zero-order chi connectivity index (χ0) is 13.1. The summed E-state index contributed by atoms with van der Waals surface area (Å²) in [5.41, 5.74) is 2.82. The molecule has 0 aliphatic carbocycles. The van der Waals surface area contributed by atoms with Crippen molar-refractivity contribution >= 4 is 27.3 Å². The maximum Gasteiger partial charge on any atom is 0.295 e. The average Bonchev–Trinajstić information content (AvgIpc) is 2.34. The first-order valence-corrected chi connectivity index (χ1v) is 6.10. The van der Waals surface area contributed by atoms with Gasteiger partial charge in [-0.25, -0.2) is 9.40 Å². The highest BCUT2D eigenvalue weighted by Crippen LogP contribution is 2.30. The van der Waals surface area contributed by atoms with Crippen molar-refractivity contribution in [2.75, 3.05) is 31.7 Å². The summed E-state index contributed by atoms with van der Waals surface area (Å²) < 4.78 is 18.7. The lowest BCUT2D eigenvalue weighted by Gasteiger charge is -2.27. The Labute approximate surface area is 111 Å². The Bertz CT molecular complexity index is 466. The molecule has 1 aliphatic heterocycles. The molecule has 0 unspecified atom stereocenters. The molecule has 1 heterocycles. The monoisotopic (exact) mass is 319 g/mol. The number of halogens is 2. The van der Waals surface area contributed by atoms with Crippen LogP contribution in [0.4, 0.5) is 15.8 Å². The molecule has 6 nitrogen and oxygen atoms in total. The second-order valence-electron chi connectivity index (χ2n) is 3.75. The van der Waals surface area contributed by atoms with Crippen molar-refractivity contribution in [3.8, 4) is 0 Å². The molecule has 0 amide bonds. The van der Waals surface area contributed by atoms with Gasteiger partial charge in [-0.05, 0) is 15.9 Å². The van der Waals surface area contributed by atoms with Gasteiger partial charge < -0.3 is 10.2 Å². The Hall–Kier alpha value is -1.25. The molecule has 1 saturated heterocycles. The molecule has 0 aromatic heterocycles. The number of morpholine rings is 1. The summed E-state index contributed by atoms with van der Waals surface area (Å²) in [5.74, 6) is -0.545. The van der Waals surface area contributed by atoms with Gasteiger partial charge in [-0.2, -0.15) is 0 Å². The van der Waals surface area contributed by atoms with Crippen LogP contribution in [0.25, 0.3) is 0 Å². The van der Waals surface area contributed by atoms with Crippen molar-refractivity contribution in [1.29, 1.82) is 0 Å². The van der Waals surface area contributed by atoms with E-state index in [0.29, 0.717) is 26.3 Å². The molecule has 0 saturated carbocycles. The van der Waals surface area contributed by atoms with Gasteiger partial charge in [-0.3, -0.25) is 10.1 Å². The molecular formula is C10H11BrFN3O3. The van der Waals surface area contributed by atoms with Crippen molar-refractivity contribution < 1.29 is 14.1 Å². The summed E-state index contributed by atoms with van der Waals surface area (Å²) in [6, 6.07) is 2.26. The molecule has 2 rings (SSSR count). The van der Waals surface area contributed by atoms with Crippen LogP contribution in [-0.2, 0) is 4.74 Å². The van der Waals surface area contributed by atoms with Crippen LogP contribution in [0.1, 0.15) is 0 Å². The predicted octanol–water partition coefficient (Wildman–Crippen LogP) is 2.16. The van der Waals surface area contributed by atoms with Gasteiger partial charge in [0.2, 0.25) is 0 Å². The van der Waals surface area contributed by atoms with Crippen LogP contribution in [0.5, 0.6) is 0 Å². The quantitative estimate of drug-likeness (QED) is 0.683. The summed E-state index contributed by atoms with van der Waals surface area (Å²) in [6.45, 7) is 2.27. The zero-order valence-electron chi connectivity index (χ0n) is 9.36. The van der Waals surface area contributed by atoms with Crippen LogP contribution in [0.3, 0.4) is 0 Å². The van der Waals surface area contributed by atoms with Gasteiger partial charge >= 0.3 is 0 Å². The number of rotatable bonds is 3. The van der Waals surface area contributed by atoms with E-state index in [1.165, 1.54) is 0 Å². The third-order valence-corrected chi connectivity index (χ3v) is 3.13. The number of hydrogen-bond donors (Lipinski definition) is 1. The molecule has 98 valence electrons. The van der Waals surface area contributed by atoms with Crippen molar-refractivity contribution in [3.63, 3.8) is 0 Å². The Morgan fingerprint density at radius 2 is 2.11 bits per heavy atom. The van der Waals surface area contributed by atoms with Gasteiger partial charge in [0.25, 0.3) is 5.69 Å². The van der Waals surface area contributed by atoms with Crippen LogP contribution in [0, 0.1) is 15.9 Å². The summed E-state index contributed by atoms with van der Waals surface area (Å²) in [4.78, 5) is 10.4. The minimum absolute atomic E-state index is 0.0710. The molecule has 1 N–H and O–H groups in total. The molecule has 18 heavy (non-hydrogen) atoms. The standard InChI is InChI=1S/C10H11BrFN3O3/c11-7-5-10(15(16)17)9(6-8(7)12)13-14-1-3-18-4-2-14/h5-6,13H,1-4H2. The molecule has 0 radical (unpaired) electrons. The number of nitro benzene ring substituents is 1. The summed E-state index contributed by atoms with van der Waals surface area (Å²) >= 11 is 2.93. The number of nitrogens with zero attached hydrogens (tertiary/aromatic N) is 2. The second kappa shape index (κ2) is 5.59. The smallest absolute Gasteiger partial charge is 0.295 e. The Morgan fingerprint density at radius 1 is 1.44 bits per heavy atom. The molecular weight excluding hydrogens is 309 g/mol. The maximum absolute atomic E-state index is 13.4. The number of nitro groups is 1. The first kappa shape index (κ1) is 13.2. The number of ether oxygens (including phenoxy) is 1. The number of hydrogen-bond acceptors (Lipinski definition) is 5. The molecule has 1 aromatic rings. The highest BCUT2D eigenvalue weighted by Gasteiger charge is 2.20. The third-order valence-electron chi connectivity index (χ3n) is 2.52. The maximum atomic E-state index is 13.4. The number of nitrogens with one attached hydrogen (secondary N) is 1. The fraction of sp³-hybridized carbons (Fsp3) is 0.400. The number of anilines is 1. The fourth-order valence-corrected chi connectivity index (χ4v) is 1.95. The minimum Gasteiger partial charge on any atom is -0.379 e. The van der Waals surface area contributed by atoms with E-state index in [-0.39, 0.29) is 15.8 Å². The van der Waals surface area contributed by atoms with Crippen molar-refractivity contribution in [2.24, 2.45) is 0 Å². The lowest BCUT2D eigenvalue weighted by molar-refractivity contribution is -0.384. The van der Waals surface area contributed by atoms with Gasteiger partial charge in [-0.15, -0.1) is 0 Å². The molecule has 1 fully saturated rings. The first-order chi connectivity index (χ1) is 8.58. The minimum atomic E-state index is -0.549. The zero-order valence-corrected chi connectivity index (χ0v) is 10.9. The van der Waals surface area contributed by atoms with Crippen LogP contribution in [0.15, 0.2) is 16.6 Å². The predicted molar refractivity (Wildman–Crippen MR) is 66.8 cm³/mol. The molecule has 0 bridgehead atoms. The van der Waals surface area contributed by atoms with E-state index in [0.717, 1.165) is 12.1 Å². The molecule has 8 heteroatoms. The molecule has 1 aliphatic rings. The number of hydrazine groups is 1. The van der Waals surface area contributed by atoms with Gasteiger partial charge in [0.05, 0.1) is 22.6 Å². The summed E-state index contributed by atoms with van der Waals surface area (Å²) in [6.07, 6.45) is 0. The SMILES string of the molecule is O=[N+]([O-])c1cc(Br)c(F)cc1NN1CCOCC1. The van der Waals surface area contributed by atoms with Crippen molar-refractivity contribution in [3.05, 3.63) is 32.5 Å². The number of benzene rings is 1. The molecule has 0 atom stereocenters. The normalized spacial score (nSPS) is 16.6. The lowest BCUT2D eigenvalue weighted by Crippen LogP contribution is -2.40. The Balaban J connectivity index is 2.24. The van der Waals surface area contributed by atoms with Crippen LogP contribution in [0.2, 0.25) is 0 Å². The van der Waals surface area contributed by atoms with E-state index in [2.05, 4.69) is 21.4 Å². The fourth-order valence-electron chi connectivity index (χ4n) is 1.62. The third kappa shape index (κ3) is 2.95. The van der Waals surface area contributed by atoms with Crippen LogP contribution >= 0.6 is 15.9 Å². The molecule has 1 aromatic carbocycles. The topological polar surface area (TPSA) is 67.6 Å². The van der Waals surface area contributed by atoms with Crippen molar-refractivity contribution in [1.82, 2.24) is 5.01 Å². The summed E-state index contributed by atoms with van der Waals surface area (Å²) in [5, 5.41) is 12.7. The van der Waals surface area contributed by atoms with Gasteiger partial charge in [0.15, 0.2) is 0 Å². The average molecular weight is 320 g/mol. The van der Waals surface area contributed by atoms with Gasteiger partial charge in [0.1, 0.15) is 11.5 Å². The Kier molecular flexibility index (Phi) is 4.10. The van der Waals surface area contributed by atoms with E-state index >= 15 is 0 Å². The molecule has 0 spiro atoms. The lowest BCUT2D eigenvalue weighted by atomic mass is 10.2. The van der Waals surface area contributed by atoms with E-state index in [1.807, 2.05) is 0 Å². The van der Waals surface area contributed by atoms with E-state index in [4.69, 9.17) is 4.74 Å². The highest BCUT2D eigenvalue weighted by molar-refractivity contribution is 9.10. The largest absolute Gasteiger partial charge is 0.379 e. The van der Waals surface area contributed by atoms with E-state index in [9.17, 15) is 14.5 Å². The highest BCUT2D eigenvalue weighted by atomic mass is 79.9. The first-order valence-electron chi connectivity index (χ1n) is 5.30. The Morgan fingerprint density at radius 3 is 2.72 bits per heavy atom. The van der Waals surface area contributed by atoms with Gasteiger partial charge in [-0.1, -0.05) is 0 Å².